The monoisotopic (exact) mass is 379 g/mol. The second-order valence-electron chi connectivity index (χ2n) is 7.05. The van der Waals surface area contributed by atoms with Gasteiger partial charge in [0.05, 0.1) is 21.8 Å². The molecule has 138 valence electrons. The number of hydrogen-bond donors (Lipinski definition) is 0. The van der Waals surface area contributed by atoms with Crippen LogP contribution < -0.4 is 5.56 Å². The molecule has 2 heterocycles. The highest BCUT2D eigenvalue weighted by Gasteiger charge is 2.31. The zero-order chi connectivity index (χ0) is 19.1. The number of amides is 1. The summed E-state index contributed by atoms with van der Waals surface area (Å²) in [6.45, 7) is 4.76. The molecule has 27 heavy (non-hydrogen) atoms. The largest absolute Gasteiger partial charge is 0.345 e. The maximum absolute atomic E-state index is 13.3. The molecule has 1 aromatic heterocycles. The number of aryl methyl sites for hydroxylation is 2. The fourth-order valence-electron chi connectivity index (χ4n) is 3.53. The van der Waals surface area contributed by atoms with E-state index in [0.29, 0.717) is 16.1 Å². The summed E-state index contributed by atoms with van der Waals surface area (Å²) in [6.07, 6.45) is 0.759. The van der Waals surface area contributed by atoms with Gasteiger partial charge in [0, 0.05) is 13.6 Å². The van der Waals surface area contributed by atoms with Crippen molar-refractivity contribution in [1.29, 1.82) is 0 Å². The number of aromatic nitrogens is 2. The lowest BCUT2D eigenvalue weighted by molar-refractivity contribution is -0.126. The molecule has 5 nitrogen and oxygen atoms in total. The maximum atomic E-state index is 13.3. The van der Waals surface area contributed by atoms with Gasteiger partial charge in [0.15, 0.2) is 5.16 Å². The molecular formula is C21H21N3O2S. The third-order valence-corrected chi connectivity index (χ3v) is 6.04. The molecule has 2 aromatic carbocycles. The summed E-state index contributed by atoms with van der Waals surface area (Å²) in [6, 6.07) is 13.4. The van der Waals surface area contributed by atoms with Crippen LogP contribution in [0, 0.1) is 13.8 Å². The van der Waals surface area contributed by atoms with Gasteiger partial charge in [-0.1, -0.05) is 30.0 Å². The Hall–Kier alpha value is -2.60. The van der Waals surface area contributed by atoms with Crippen LogP contribution in [0.25, 0.3) is 16.6 Å². The summed E-state index contributed by atoms with van der Waals surface area (Å²) >= 11 is 1.39. The molecule has 1 aliphatic rings. The molecule has 0 aliphatic carbocycles. The molecule has 6 heteroatoms. The third kappa shape index (κ3) is 3.25. The lowest BCUT2D eigenvalue weighted by Crippen LogP contribution is -2.26. The molecular weight excluding hydrogens is 358 g/mol. The van der Waals surface area contributed by atoms with Crippen LogP contribution in [0.2, 0.25) is 0 Å². The zero-order valence-corrected chi connectivity index (χ0v) is 16.4. The molecule has 1 amide bonds. The molecule has 0 N–H and O–H groups in total. The van der Waals surface area contributed by atoms with Crippen LogP contribution in [0.4, 0.5) is 0 Å². The van der Waals surface area contributed by atoms with E-state index in [4.69, 9.17) is 4.98 Å². The second kappa shape index (κ2) is 6.85. The molecule has 1 aliphatic heterocycles. The van der Waals surface area contributed by atoms with Crippen LogP contribution >= 0.6 is 11.8 Å². The van der Waals surface area contributed by atoms with Crippen molar-refractivity contribution in [3.63, 3.8) is 0 Å². The fraction of sp³-hybridized carbons (Fsp3) is 0.286. The van der Waals surface area contributed by atoms with Crippen molar-refractivity contribution in [2.45, 2.75) is 30.7 Å². The number of thioether (sulfide) groups is 1. The maximum Gasteiger partial charge on any atom is 0.266 e. The standard InChI is InChI=1S/C21H21N3O2S/c1-13-10-14(2)12-15(11-13)24-19(25)16-6-4-5-7-17(16)22-21(24)27-18-8-9-23(3)20(18)26/h4-7,10-12,18H,8-9H2,1-3H3. The van der Waals surface area contributed by atoms with Crippen molar-refractivity contribution in [2.24, 2.45) is 0 Å². The highest BCUT2D eigenvalue weighted by atomic mass is 32.2. The molecule has 0 spiro atoms. The van der Waals surface area contributed by atoms with E-state index in [9.17, 15) is 9.59 Å². The number of fused-ring (bicyclic) bond motifs is 1. The Morgan fingerprint density at radius 3 is 2.44 bits per heavy atom. The minimum atomic E-state index is -0.208. The highest BCUT2D eigenvalue weighted by Crippen LogP contribution is 2.31. The zero-order valence-electron chi connectivity index (χ0n) is 15.6. The number of para-hydroxylation sites is 1. The van der Waals surface area contributed by atoms with Crippen molar-refractivity contribution in [1.82, 2.24) is 14.5 Å². The molecule has 1 saturated heterocycles. The Bertz CT molecular complexity index is 1090. The average Bonchev–Trinajstić information content (AvgIpc) is 2.93. The number of nitrogens with zero attached hydrogens (tertiary/aromatic N) is 3. The molecule has 4 rings (SSSR count). The Morgan fingerprint density at radius 2 is 1.78 bits per heavy atom. The van der Waals surface area contributed by atoms with E-state index < -0.39 is 0 Å². The first-order chi connectivity index (χ1) is 12.9. The average molecular weight is 379 g/mol. The number of rotatable bonds is 3. The van der Waals surface area contributed by atoms with Gasteiger partial charge in [-0.25, -0.2) is 4.98 Å². The third-order valence-electron chi connectivity index (χ3n) is 4.84. The van der Waals surface area contributed by atoms with Crippen molar-refractivity contribution in [3.05, 3.63) is 63.9 Å². The van der Waals surface area contributed by atoms with E-state index in [0.717, 1.165) is 29.8 Å². The number of carbonyl (C=O) groups excluding carboxylic acids is 1. The van der Waals surface area contributed by atoms with Gasteiger partial charge in [0.1, 0.15) is 0 Å². The Morgan fingerprint density at radius 1 is 1.07 bits per heavy atom. The van der Waals surface area contributed by atoms with E-state index >= 15 is 0 Å². The predicted molar refractivity (Wildman–Crippen MR) is 109 cm³/mol. The van der Waals surface area contributed by atoms with E-state index in [-0.39, 0.29) is 16.7 Å². The van der Waals surface area contributed by atoms with E-state index in [1.54, 1.807) is 15.5 Å². The van der Waals surface area contributed by atoms with Crippen molar-refractivity contribution in [3.8, 4) is 5.69 Å². The van der Waals surface area contributed by atoms with Crippen LogP contribution in [0.3, 0.4) is 0 Å². The van der Waals surface area contributed by atoms with Gasteiger partial charge >= 0.3 is 0 Å². The summed E-state index contributed by atoms with van der Waals surface area (Å²) in [7, 11) is 1.81. The number of likely N-dealkylation sites (tertiary alicyclic amines) is 1. The Balaban J connectivity index is 1.93. The van der Waals surface area contributed by atoms with Crippen LogP contribution in [0.15, 0.2) is 52.4 Å². The summed E-state index contributed by atoms with van der Waals surface area (Å²) in [5.74, 6) is 0.0920. The van der Waals surface area contributed by atoms with Crippen molar-refractivity contribution < 1.29 is 4.79 Å². The quantitative estimate of drug-likeness (QED) is 0.655. The Labute approximate surface area is 162 Å². The molecule has 0 saturated carbocycles. The summed E-state index contributed by atoms with van der Waals surface area (Å²) < 4.78 is 1.65. The summed E-state index contributed by atoms with van der Waals surface area (Å²) in [5.41, 5.74) is 3.50. The predicted octanol–water partition coefficient (Wildman–Crippen LogP) is 3.33. The van der Waals surface area contributed by atoms with Gasteiger partial charge in [-0.05, 0) is 55.7 Å². The van der Waals surface area contributed by atoms with Gasteiger partial charge < -0.3 is 4.90 Å². The number of benzene rings is 2. The first kappa shape index (κ1) is 17.8. The first-order valence-electron chi connectivity index (χ1n) is 8.96. The lowest BCUT2D eigenvalue weighted by Gasteiger charge is -2.16. The van der Waals surface area contributed by atoms with Crippen LogP contribution in [-0.2, 0) is 4.79 Å². The summed E-state index contributed by atoms with van der Waals surface area (Å²) in [5, 5.41) is 0.938. The SMILES string of the molecule is Cc1cc(C)cc(-n2c(SC3CCN(C)C3=O)nc3ccccc3c2=O)c1. The number of hydrogen-bond acceptors (Lipinski definition) is 4. The molecule has 0 radical (unpaired) electrons. The van der Waals surface area contributed by atoms with Gasteiger partial charge in [-0.15, -0.1) is 0 Å². The van der Waals surface area contributed by atoms with E-state index in [2.05, 4.69) is 6.07 Å². The molecule has 0 bridgehead atoms. The topological polar surface area (TPSA) is 55.2 Å². The smallest absolute Gasteiger partial charge is 0.266 e. The minimum absolute atomic E-state index is 0.0920. The van der Waals surface area contributed by atoms with E-state index in [1.165, 1.54) is 11.8 Å². The Kier molecular flexibility index (Phi) is 4.52. The second-order valence-corrected chi connectivity index (χ2v) is 8.22. The molecule has 1 atom stereocenters. The van der Waals surface area contributed by atoms with Crippen molar-refractivity contribution in [2.75, 3.05) is 13.6 Å². The van der Waals surface area contributed by atoms with Gasteiger partial charge in [0.25, 0.3) is 5.56 Å². The van der Waals surface area contributed by atoms with Crippen LogP contribution in [0.5, 0.6) is 0 Å². The minimum Gasteiger partial charge on any atom is -0.345 e. The fourth-order valence-corrected chi connectivity index (χ4v) is 4.73. The molecule has 1 fully saturated rings. The highest BCUT2D eigenvalue weighted by molar-refractivity contribution is 8.00. The van der Waals surface area contributed by atoms with Gasteiger partial charge in [-0.3, -0.25) is 14.2 Å². The van der Waals surface area contributed by atoms with E-state index in [1.807, 2.05) is 51.2 Å². The van der Waals surface area contributed by atoms with Crippen LogP contribution in [-0.4, -0.2) is 39.2 Å². The molecule has 1 unspecified atom stereocenters. The lowest BCUT2D eigenvalue weighted by atomic mass is 10.1. The number of carbonyl (C=O) groups is 1. The molecule has 3 aromatic rings. The summed E-state index contributed by atoms with van der Waals surface area (Å²) in [4.78, 5) is 32.2. The normalized spacial score (nSPS) is 17.1. The van der Waals surface area contributed by atoms with Crippen molar-refractivity contribution >= 4 is 28.6 Å². The van der Waals surface area contributed by atoms with Crippen LogP contribution in [0.1, 0.15) is 17.5 Å². The van der Waals surface area contributed by atoms with Gasteiger partial charge in [0.2, 0.25) is 5.91 Å². The first-order valence-corrected chi connectivity index (χ1v) is 9.84. The van der Waals surface area contributed by atoms with Gasteiger partial charge in [-0.2, -0.15) is 0 Å².